The van der Waals surface area contributed by atoms with E-state index >= 15 is 0 Å². The van der Waals surface area contributed by atoms with Crippen LogP contribution in [0.15, 0.2) is 18.7 Å². The van der Waals surface area contributed by atoms with E-state index in [-0.39, 0.29) is 0 Å². The zero-order valence-corrected chi connectivity index (χ0v) is 7.52. The summed E-state index contributed by atoms with van der Waals surface area (Å²) in [4.78, 5) is 8.04. The number of imidazole rings is 1. The first-order valence-electron chi connectivity index (χ1n) is 3.99. The van der Waals surface area contributed by atoms with E-state index in [9.17, 15) is 0 Å². The van der Waals surface area contributed by atoms with Crippen LogP contribution in [-0.4, -0.2) is 19.6 Å². The third-order valence-electron chi connectivity index (χ3n) is 1.37. The Morgan fingerprint density at radius 2 is 2.00 bits per heavy atom. The highest BCUT2D eigenvalue weighted by atomic mass is 15.3. The van der Waals surface area contributed by atoms with E-state index in [0.29, 0.717) is 0 Å². The Hall–Kier alpha value is -1.45. The van der Waals surface area contributed by atoms with Crippen molar-refractivity contribution < 1.29 is 0 Å². The Bertz CT molecular complexity index is 353. The van der Waals surface area contributed by atoms with Gasteiger partial charge in [0.2, 0.25) is 0 Å². The highest BCUT2D eigenvalue weighted by Crippen LogP contribution is 1.99. The first-order valence-corrected chi connectivity index (χ1v) is 3.99. The van der Waals surface area contributed by atoms with Crippen LogP contribution in [0.3, 0.4) is 0 Å². The molecule has 0 aliphatic rings. The fraction of sp³-hybridized carbons (Fsp3) is 0.375. The first-order chi connectivity index (χ1) is 5.88. The van der Waals surface area contributed by atoms with E-state index in [0.717, 1.165) is 11.3 Å². The molecule has 0 unspecified atom stereocenters. The van der Waals surface area contributed by atoms with Crippen molar-refractivity contribution >= 4 is 5.65 Å². The second kappa shape index (κ2) is 3.80. The number of rotatable bonds is 0. The van der Waals surface area contributed by atoms with Crippen LogP contribution in [-0.2, 0) is 0 Å². The fourth-order valence-corrected chi connectivity index (χ4v) is 0.875. The van der Waals surface area contributed by atoms with Gasteiger partial charge in [0, 0.05) is 12.4 Å². The van der Waals surface area contributed by atoms with Crippen molar-refractivity contribution in [2.45, 2.75) is 20.8 Å². The molecule has 0 radical (unpaired) electrons. The molecule has 0 saturated heterocycles. The Kier molecular flexibility index (Phi) is 2.74. The number of nitrogens with zero attached hydrogens (tertiary/aromatic N) is 4. The van der Waals surface area contributed by atoms with Crippen molar-refractivity contribution in [1.29, 1.82) is 0 Å². The van der Waals surface area contributed by atoms with Crippen LogP contribution < -0.4 is 0 Å². The summed E-state index contributed by atoms with van der Waals surface area (Å²) in [6, 6.07) is 0. The molecule has 2 aromatic rings. The van der Waals surface area contributed by atoms with Crippen molar-refractivity contribution in [2.24, 2.45) is 0 Å². The van der Waals surface area contributed by atoms with Gasteiger partial charge in [-0.05, 0) is 6.92 Å². The maximum atomic E-state index is 4.06. The van der Waals surface area contributed by atoms with Gasteiger partial charge in [-0.3, -0.25) is 0 Å². The van der Waals surface area contributed by atoms with Gasteiger partial charge < -0.3 is 0 Å². The predicted octanol–water partition coefficient (Wildman–Crippen LogP) is 1.46. The Morgan fingerprint density at radius 1 is 1.25 bits per heavy atom. The molecule has 0 spiro atoms. The number of fused-ring (bicyclic) bond motifs is 1. The molecular weight excluding hydrogens is 152 g/mol. The Morgan fingerprint density at radius 3 is 2.67 bits per heavy atom. The predicted molar refractivity (Wildman–Crippen MR) is 46.9 cm³/mol. The third-order valence-corrected chi connectivity index (χ3v) is 1.37. The van der Waals surface area contributed by atoms with Crippen LogP contribution in [0.25, 0.3) is 5.65 Å². The highest BCUT2D eigenvalue weighted by Gasteiger charge is 1.96. The monoisotopic (exact) mass is 164 g/mol. The van der Waals surface area contributed by atoms with Gasteiger partial charge in [-0.15, -0.1) is 0 Å². The second-order valence-corrected chi connectivity index (χ2v) is 2.04. The lowest BCUT2D eigenvalue weighted by Gasteiger charge is -1.91. The molecule has 2 heterocycles. The smallest absolute Gasteiger partial charge is 0.174 e. The molecule has 0 bridgehead atoms. The number of aromatic nitrogens is 4. The molecule has 0 aliphatic carbocycles. The quantitative estimate of drug-likeness (QED) is 0.592. The van der Waals surface area contributed by atoms with Crippen molar-refractivity contribution in [3.63, 3.8) is 0 Å². The average molecular weight is 164 g/mol. The van der Waals surface area contributed by atoms with Crippen LogP contribution in [0.4, 0.5) is 0 Å². The minimum atomic E-state index is 0.822. The second-order valence-electron chi connectivity index (χ2n) is 2.04. The number of aryl methyl sites for hydroxylation is 1. The third kappa shape index (κ3) is 1.42. The normalized spacial score (nSPS) is 9.25. The van der Waals surface area contributed by atoms with E-state index in [1.165, 1.54) is 6.33 Å². The zero-order valence-electron chi connectivity index (χ0n) is 7.52. The van der Waals surface area contributed by atoms with Gasteiger partial charge in [0.1, 0.15) is 6.33 Å². The Labute approximate surface area is 71.3 Å². The van der Waals surface area contributed by atoms with Gasteiger partial charge >= 0.3 is 0 Å². The van der Waals surface area contributed by atoms with Crippen molar-refractivity contribution in [3.8, 4) is 0 Å². The minimum absolute atomic E-state index is 0.822. The molecule has 0 aliphatic heterocycles. The van der Waals surface area contributed by atoms with Crippen LogP contribution in [0.5, 0.6) is 0 Å². The molecule has 4 nitrogen and oxygen atoms in total. The van der Waals surface area contributed by atoms with E-state index in [1.54, 1.807) is 16.9 Å². The van der Waals surface area contributed by atoms with Gasteiger partial charge in [-0.2, -0.15) is 5.10 Å². The summed E-state index contributed by atoms with van der Waals surface area (Å²) in [6.07, 6.45) is 5.02. The maximum absolute atomic E-state index is 4.06. The molecule has 2 aromatic heterocycles. The minimum Gasteiger partial charge on any atom is -0.236 e. The van der Waals surface area contributed by atoms with Crippen LogP contribution in [0.1, 0.15) is 19.5 Å². The molecule has 0 fully saturated rings. The SMILES string of the molecule is CC.Cc1ncnn2ccnc12. The topological polar surface area (TPSA) is 43.1 Å². The molecule has 0 atom stereocenters. The lowest BCUT2D eigenvalue weighted by Crippen LogP contribution is -1.94. The Balaban J connectivity index is 0.000000336. The average Bonchev–Trinajstić information content (AvgIpc) is 2.57. The summed E-state index contributed by atoms with van der Waals surface area (Å²) in [5.41, 5.74) is 1.72. The van der Waals surface area contributed by atoms with E-state index in [1.807, 2.05) is 20.8 Å². The summed E-state index contributed by atoms with van der Waals surface area (Å²) in [5, 5.41) is 3.95. The summed E-state index contributed by atoms with van der Waals surface area (Å²) >= 11 is 0. The lowest BCUT2D eigenvalue weighted by atomic mass is 10.5. The van der Waals surface area contributed by atoms with Crippen molar-refractivity contribution in [2.75, 3.05) is 0 Å². The molecular formula is C8H12N4. The summed E-state index contributed by atoms with van der Waals surface area (Å²) in [7, 11) is 0. The number of hydrogen-bond acceptors (Lipinski definition) is 3. The molecule has 12 heavy (non-hydrogen) atoms. The molecule has 0 aromatic carbocycles. The summed E-state index contributed by atoms with van der Waals surface area (Å²) in [5.74, 6) is 0. The standard InChI is InChI=1S/C6H6N4.C2H6/c1-5-6-7-2-3-10(6)9-4-8-5;1-2/h2-4H,1H3;1-2H3. The van der Waals surface area contributed by atoms with E-state index < -0.39 is 0 Å². The van der Waals surface area contributed by atoms with Crippen LogP contribution in [0.2, 0.25) is 0 Å². The molecule has 0 saturated carbocycles. The lowest BCUT2D eigenvalue weighted by molar-refractivity contribution is 0.881. The van der Waals surface area contributed by atoms with Gasteiger partial charge in [0.25, 0.3) is 0 Å². The van der Waals surface area contributed by atoms with Crippen molar-refractivity contribution in [3.05, 3.63) is 24.4 Å². The molecule has 0 N–H and O–H groups in total. The largest absolute Gasteiger partial charge is 0.236 e. The highest BCUT2D eigenvalue weighted by molar-refractivity contribution is 5.40. The van der Waals surface area contributed by atoms with E-state index in [4.69, 9.17) is 0 Å². The summed E-state index contributed by atoms with van der Waals surface area (Å²) in [6.45, 7) is 5.91. The van der Waals surface area contributed by atoms with Gasteiger partial charge in [0.15, 0.2) is 5.65 Å². The molecule has 0 amide bonds. The van der Waals surface area contributed by atoms with Crippen LogP contribution in [0, 0.1) is 6.92 Å². The fourth-order valence-electron chi connectivity index (χ4n) is 0.875. The maximum Gasteiger partial charge on any atom is 0.174 e. The zero-order chi connectivity index (χ0) is 8.97. The first kappa shape index (κ1) is 8.64. The number of hydrogen-bond donors (Lipinski definition) is 0. The molecule has 2 rings (SSSR count). The van der Waals surface area contributed by atoms with Crippen LogP contribution >= 0.6 is 0 Å². The molecule has 64 valence electrons. The summed E-state index contributed by atoms with van der Waals surface area (Å²) < 4.78 is 1.70. The van der Waals surface area contributed by atoms with E-state index in [2.05, 4.69) is 15.1 Å². The van der Waals surface area contributed by atoms with Gasteiger partial charge in [-0.25, -0.2) is 14.5 Å². The van der Waals surface area contributed by atoms with Gasteiger partial charge in [-0.1, -0.05) is 13.8 Å². The van der Waals surface area contributed by atoms with Crippen molar-refractivity contribution in [1.82, 2.24) is 19.6 Å². The van der Waals surface area contributed by atoms with Gasteiger partial charge in [0.05, 0.1) is 5.69 Å². The molecule has 4 heteroatoms.